The lowest BCUT2D eigenvalue weighted by molar-refractivity contribution is -0.224. The number of rotatable bonds is 9. The fourth-order valence-corrected chi connectivity index (χ4v) is 4.64. The first-order valence-electron chi connectivity index (χ1n) is 8.63. The minimum absolute atomic E-state index is 0.0111. The summed E-state index contributed by atoms with van der Waals surface area (Å²) < 4.78 is 64.1. The van der Waals surface area contributed by atoms with Crippen LogP contribution in [0, 0.1) is 0 Å². The molecule has 2 fully saturated rings. The predicted molar refractivity (Wildman–Crippen MR) is 106 cm³/mol. The van der Waals surface area contributed by atoms with E-state index in [1.807, 2.05) is 0 Å². The average molecular weight is 476 g/mol. The summed E-state index contributed by atoms with van der Waals surface area (Å²) in [5, 5.41) is 2.84. The topological polar surface area (TPSA) is 139 Å². The first-order valence-corrected chi connectivity index (χ1v) is 11.4. The Bertz CT molecular complexity index is 700. The molecule has 11 nitrogen and oxygen atoms in total. The summed E-state index contributed by atoms with van der Waals surface area (Å²) in [5.41, 5.74) is 0. The molecule has 29 heavy (non-hydrogen) atoms. The van der Waals surface area contributed by atoms with Gasteiger partial charge in [-0.2, -0.15) is 8.42 Å². The molecule has 0 saturated carbocycles. The quantitative estimate of drug-likeness (QED) is 0.267. The highest BCUT2D eigenvalue weighted by Crippen LogP contribution is 2.40. The number of carbonyl (C=O) groups is 1. The number of fused-ring (bicyclic) bond motifs is 1. The maximum atomic E-state index is 11.3. The standard InChI is InChI=1S/C15H25NO10S3/c1-15(2)24-12-11(22-4)10(23-13(12)25-15)8(26-29(18,19)20)7-28-14(27)16-6-5-9(17)21-3/h8,10-13H,5-7H2,1-4H3,(H,16,27)(H,18,19,20)/t8-,10+,11-,12+,13+/m0/s1. The molecule has 2 aliphatic rings. The van der Waals surface area contributed by atoms with Crippen LogP contribution in [-0.2, 0) is 43.1 Å². The number of hydrogen-bond acceptors (Lipinski definition) is 11. The van der Waals surface area contributed by atoms with Crippen molar-refractivity contribution in [3.8, 4) is 0 Å². The molecule has 2 N–H and O–H groups in total. The third-order valence-corrected chi connectivity index (χ3v) is 6.01. The molecule has 0 aromatic carbocycles. The van der Waals surface area contributed by atoms with E-state index in [0.717, 1.165) is 11.8 Å². The van der Waals surface area contributed by atoms with E-state index in [0.29, 0.717) is 4.32 Å². The van der Waals surface area contributed by atoms with Gasteiger partial charge in [-0.1, -0.05) is 24.0 Å². The molecular formula is C15H25NO10S3. The molecule has 0 bridgehead atoms. The molecule has 0 spiro atoms. The van der Waals surface area contributed by atoms with Crippen LogP contribution in [0.5, 0.6) is 0 Å². The molecule has 0 aromatic rings. The van der Waals surface area contributed by atoms with E-state index in [4.69, 9.17) is 35.3 Å². The van der Waals surface area contributed by atoms with Crippen LogP contribution in [0.15, 0.2) is 0 Å². The Morgan fingerprint density at radius 3 is 2.62 bits per heavy atom. The molecule has 2 saturated heterocycles. The summed E-state index contributed by atoms with van der Waals surface area (Å²) in [6.45, 7) is 3.69. The van der Waals surface area contributed by atoms with Gasteiger partial charge in [-0.25, -0.2) is 4.18 Å². The second-order valence-corrected chi connectivity index (χ2v) is 9.43. The number of methoxy groups -OCH3 is 2. The number of hydrogen-bond donors (Lipinski definition) is 2. The van der Waals surface area contributed by atoms with Gasteiger partial charge in [-0.05, 0) is 13.8 Å². The van der Waals surface area contributed by atoms with Gasteiger partial charge in [0, 0.05) is 19.4 Å². The van der Waals surface area contributed by atoms with Crippen molar-refractivity contribution in [1.82, 2.24) is 5.32 Å². The van der Waals surface area contributed by atoms with Gasteiger partial charge in [0.15, 0.2) is 12.1 Å². The lowest BCUT2D eigenvalue weighted by atomic mass is 10.1. The maximum Gasteiger partial charge on any atom is 0.397 e. The van der Waals surface area contributed by atoms with Crippen molar-refractivity contribution < 1.29 is 45.6 Å². The molecule has 5 atom stereocenters. The fraction of sp³-hybridized carbons (Fsp3) is 0.867. The van der Waals surface area contributed by atoms with Crippen LogP contribution in [0.3, 0.4) is 0 Å². The van der Waals surface area contributed by atoms with Crippen molar-refractivity contribution in [1.29, 1.82) is 0 Å². The summed E-state index contributed by atoms with van der Waals surface area (Å²) >= 11 is 6.22. The molecule has 2 heterocycles. The summed E-state index contributed by atoms with van der Waals surface area (Å²) in [5.74, 6) is -1.26. The normalized spacial score (nSPS) is 29.3. The Morgan fingerprint density at radius 2 is 2.03 bits per heavy atom. The van der Waals surface area contributed by atoms with E-state index in [9.17, 15) is 17.8 Å². The van der Waals surface area contributed by atoms with Crippen LogP contribution in [0.1, 0.15) is 20.3 Å². The minimum atomic E-state index is -4.77. The molecule has 0 unspecified atom stereocenters. The highest BCUT2D eigenvalue weighted by molar-refractivity contribution is 8.23. The molecule has 2 aliphatic heterocycles. The number of nitrogens with one attached hydrogen (secondary N) is 1. The van der Waals surface area contributed by atoms with E-state index in [1.54, 1.807) is 13.8 Å². The minimum Gasteiger partial charge on any atom is -0.469 e. The Kier molecular flexibility index (Phi) is 8.64. The van der Waals surface area contributed by atoms with Crippen LogP contribution in [0.25, 0.3) is 0 Å². The summed E-state index contributed by atoms with van der Waals surface area (Å²) in [6, 6.07) is 0. The number of esters is 1. The van der Waals surface area contributed by atoms with Crippen LogP contribution in [0.2, 0.25) is 0 Å². The van der Waals surface area contributed by atoms with Crippen molar-refractivity contribution in [2.24, 2.45) is 0 Å². The molecule has 168 valence electrons. The monoisotopic (exact) mass is 475 g/mol. The molecule has 14 heteroatoms. The van der Waals surface area contributed by atoms with Gasteiger partial charge >= 0.3 is 16.4 Å². The van der Waals surface area contributed by atoms with Gasteiger partial charge in [0.25, 0.3) is 0 Å². The van der Waals surface area contributed by atoms with Crippen LogP contribution in [0.4, 0.5) is 0 Å². The van der Waals surface area contributed by atoms with Crippen LogP contribution in [-0.4, -0.2) is 86.3 Å². The lowest BCUT2D eigenvalue weighted by Gasteiger charge is -2.29. The van der Waals surface area contributed by atoms with E-state index in [-0.39, 0.29) is 18.7 Å². The number of thiocarbonyl (C=S) groups is 1. The van der Waals surface area contributed by atoms with Gasteiger partial charge in [0.05, 0.1) is 13.5 Å². The Morgan fingerprint density at radius 1 is 1.34 bits per heavy atom. The molecule has 0 aromatic heterocycles. The summed E-state index contributed by atoms with van der Waals surface area (Å²) in [4.78, 5) is 11.1. The SMILES string of the molecule is COC(=O)CCNC(=S)SC[C@H](OS(=O)(=O)O)[C@H]1O[C@@H]2OC(C)(C)O[C@@H]2[C@H]1OC. The number of thioether (sulfide) groups is 1. The van der Waals surface area contributed by atoms with Crippen LogP contribution < -0.4 is 5.32 Å². The second-order valence-electron chi connectivity index (χ2n) is 6.68. The molecule has 2 rings (SSSR count). The van der Waals surface area contributed by atoms with Crippen molar-refractivity contribution >= 4 is 44.7 Å². The van der Waals surface area contributed by atoms with Crippen molar-refractivity contribution in [3.63, 3.8) is 0 Å². The lowest BCUT2D eigenvalue weighted by Crippen LogP contribution is -2.45. The number of ether oxygens (including phenoxy) is 5. The Balaban J connectivity index is 1.99. The predicted octanol–water partition coefficient (Wildman–Crippen LogP) is 0.237. The zero-order valence-corrected chi connectivity index (χ0v) is 18.8. The first kappa shape index (κ1) is 24.7. The van der Waals surface area contributed by atoms with Gasteiger partial charge in [-0.3, -0.25) is 9.35 Å². The van der Waals surface area contributed by atoms with Crippen molar-refractivity contribution in [2.75, 3.05) is 26.5 Å². The Labute approximate surface area is 179 Å². The largest absolute Gasteiger partial charge is 0.469 e. The smallest absolute Gasteiger partial charge is 0.397 e. The van der Waals surface area contributed by atoms with E-state index in [1.165, 1.54) is 14.2 Å². The van der Waals surface area contributed by atoms with Gasteiger partial charge < -0.3 is 29.0 Å². The van der Waals surface area contributed by atoms with Gasteiger partial charge in [-0.15, -0.1) is 0 Å². The van der Waals surface area contributed by atoms with Gasteiger partial charge in [0.2, 0.25) is 0 Å². The zero-order valence-electron chi connectivity index (χ0n) is 16.4. The fourth-order valence-electron chi connectivity index (χ4n) is 2.98. The zero-order chi connectivity index (χ0) is 21.8. The summed E-state index contributed by atoms with van der Waals surface area (Å²) in [6.07, 6.45) is -3.99. The Hall–Kier alpha value is -0.580. The molecule has 0 amide bonds. The third-order valence-electron chi connectivity index (χ3n) is 4.12. The van der Waals surface area contributed by atoms with E-state index >= 15 is 0 Å². The molecular weight excluding hydrogens is 450 g/mol. The highest BCUT2D eigenvalue weighted by atomic mass is 32.3. The third kappa shape index (κ3) is 7.25. The van der Waals surface area contributed by atoms with Crippen molar-refractivity contribution in [3.05, 3.63) is 0 Å². The second kappa shape index (κ2) is 10.2. The first-order chi connectivity index (χ1) is 13.5. The molecule has 0 radical (unpaired) electrons. The molecule has 0 aliphatic carbocycles. The van der Waals surface area contributed by atoms with E-state index in [2.05, 4.69) is 10.1 Å². The summed E-state index contributed by atoms with van der Waals surface area (Å²) in [7, 11) is -2.07. The number of carbonyl (C=O) groups excluding carboxylic acids is 1. The van der Waals surface area contributed by atoms with Crippen LogP contribution >= 0.6 is 24.0 Å². The highest BCUT2D eigenvalue weighted by Gasteiger charge is 2.57. The van der Waals surface area contributed by atoms with Crippen molar-refractivity contribution in [2.45, 2.75) is 56.8 Å². The van der Waals surface area contributed by atoms with E-state index < -0.39 is 52.9 Å². The maximum absolute atomic E-state index is 11.3. The average Bonchev–Trinajstić information content (AvgIpc) is 3.08. The van der Waals surface area contributed by atoms with Gasteiger partial charge in [0.1, 0.15) is 28.7 Å².